The van der Waals surface area contributed by atoms with E-state index in [0.29, 0.717) is 7.18 Å². The maximum atomic E-state index is 9.50. The molecule has 0 aromatic rings. The first-order valence-corrected chi connectivity index (χ1v) is 4.04. The van der Waals surface area contributed by atoms with Gasteiger partial charge in [-0.15, -0.1) is 0 Å². The van der Waals surface area contributed by atoms with E-state index in [9.17, 15) is 4.39 Å². The Morgan fingerprint density at radius 2 is 1.80 bits per heavy atom. The molecule has 1 saturated carbocycles. The summed E-state index contributed by atoms with van der Waals surface area (Å²) in [5.41, 5.74) is 0.736. The van der Waals surface area contributed by atoms with Gasteiger partial charge in [0.05, 0.1) is 7.18 Å². The van der Waals surface area contributed by atoms with E-state index in [1.165, 1.54) is 19.3 Å². The molecule has 0 heterocycles. The van der Waals surface area contributed by atoms with Crippen molar-refractivity contribution >= 4 is 0 Å². The standard InChI is InChI=1S/C8H16.CH3F/c1-4-8(3)5-7(2)6-8;1-2/h7H,4-6H2,1-3H3;1H3. The predicted molar refractivity (Wildman–Crippen MR) is 43.8 cm³/mol. The molecule has 1 rings (SSSR count). The number of hydrogen-bond acceptors (Lipinski definition) is 0. The third-order valence-corrected chi connectivity index (χ3v) is 2.54. The molecule has 0 nitrogen and oxygen atoms in total. The van der Waals surface area contributed by atoms with Gasteiger partial charge >= 0.3 is 0 Å². The van der Waals surface area contributed by atoms with Gasteiger partial charge in [0, 0.05) is 0 Å². The molecule has 0 unspecified atom stereocenters. The summed E-state index contributed by atoms with van der Waals surface area (Å²) in [6.07, 6.45) is 4.30. The Morgan fingerprint density at radius 1 is 1.40 bits per heavy atom. The molecular formula is C9H19F. The van der Waals surface area contributed by atoms with E-state index in [-0.39, 0.29) is 0 Å². The van der Waals surface area contributed by atoms with E-state index >= 15 is 0 Å². The van der Waals surface area contributed by atoms with Crippen LogP contribution in [0.1, 0.15) is 40.0 Å². The van der Waals surface area contributed by atoms with Gasteiger partial charge in [0.15, 0.2) is 0 Å². The molecule has 10 heavy (non-hydrogen) atoms. The molecule has 0 atom stereocenters. The largest absolute Gasteiger partial charge is 0.255 e. The van der Waals surface area contributed by atoms with E-state index in [1.807, 2.05) is 0 Å². The van der Waals surface area contributed by atoms with Crippen molar-refractivity contribution in [1.29, 1.82) is 0 Å². The first kappa shape index (κ1) is 9.93. The highest BCUT2D eigenvalue weighted by molar-refractivity contribution is 4.86. The van der Waals surface area contributed by atoms with Gasteiger partial charge in [-0.1, -0.05) is 27.2 Å². The Bertz CT molecular complexity index is 82.7. The van der Waals surface area contributed by atoms with Crippen molar-refractivity contribution in [1.82, 2.24) is 0 Å². The van der Waals surface area contributed by atoms with Gasteiger partial charge in [-0.3, -0.25) is 4.39 Å². The van der Waals surface area contributed by atoms with Crippen LogP contribution < -0.4 is 0 Å². The summed E-state index contributed by atoms with van der Waals surface area (Å²) >= 11 is 0. The monoisotopic (exact) mass is 146 g/mol. The van der Waals surface area contributed by atoms with Gasteiger partial charge in [-0.2, -0.15) is 0 Å². The Labute approximate surface area is 63.8 Å². The fourth-order valence-electron chi connectivity index (χ4n) is 1.91. The maximum Gasteiger partial charge on any atom is 0.0785 e. The van der Waals surface area contributed by atoms with Crippen LogP contribution >= 0.6 is 0 Å². The normalized spacial score (nSPS) is 37.5. The lowest BCUT2D eigenvalue weighted by atomic mass is 9.63. The molecule has 0 bridgehead atoms. The van der Waals surface area contributed by atoms with Crippen molar-refractivity contribution in [2.45, 2.75) is 40.0 Å². The van der Waals surface area contributed by atoms with E-state index in [4.69, 9.17) is 0 Å². The van der Waals surface area contributed by atoms with Gasteiger partial charge in [0.25, 0.3) is 0 Å². The summed E-state index contributed by atoms with van der Waals surface area (Å²) in [7, 11) is 0.500. The molecule has 1 aliphatic rings. The Kier molecular flexibility index (Phi) is 3.92. The van der Waals surface area contributed by atoms with Crippen molar-refractivity contribution in [3.63, 3.8) is 0 Å². The molecule has 0 N–H and O–H groups in total. The minimum atomic E-state index is 0.500. The smallest absolute Gasteiger partial charge is 0.0785 e. The van der Waals surface area contributed by atoms with Crippen LogP contribution in [-0.4, -0.2) is 7.18 Å². The molecule has 1 aliphatic carbocycles. The van der Waals surface area contributed by atoms with E-state index in [0.717, 1.165) is 11.3 Å². The molecule has 1 heteroatoms. The quantitative estimate of drug-likeness (QED) is 0.531. The van der Waals surface area contributed by atoms with E-state index in [1.54, 1.807) is 0 Å². The fourth-order valence-corrected chi connectivity index (χ4v) is 1.91. The molecule has 0 aromatic carbocycles. The second-order valence-corrected chi connectivity index (χ2v) is 3.68. The predicted octanol–water partition coefficient (Wildman–Crippen LogP) is 3.42. The first-order valence-electron chi connectivity index (χ1n) is 4.04. The molecule has 0 amide bonds. The second-order valence-electron chi connectivity index (χ2n) is 3.68. The topological polar surface area (TPSA) is 0 Å². The van der Waals surface area contributed by atoms with Crippen LogP contribution in [0.25, 0.3) is 0 Å². The molecular weight excluding hydrogens is 127 g/mol. The van der Waals surface area contributed by atoms with Crippen molar-refractivity contribution in [3.8, 4) is 0 Å². The van der Waals surface area contributed by atoms with Crippen molar-refractivity contribution in [2.24, 2.45) is 11.3 Å². The zero-order chi connectivity index (χ0) is 8.20. The van der Waals surface area contributed by atoms with Crippen LogP contribution in [0.4, 0.5) is 4.39 Å². The van der Waals surface area contributed by atoms with Crippen LogP contribution in [0.15, 0.2) is 0 Å². The fraction of sp³-hybridized carbons (Fsp3) is 1.00. The number of alkyl halides is 1. The zero-order valence-corrected chi connectivity index (χ0v) is 7.58. The summed E-state index contributed by atoms with van der Waals surface area (Å²) in [5.74, 6) is 1.01. The molecule has 0 saturated heterocycles. The minimum Gasteiger partial charge on any atom is -0.255 e. The van der Waals surface area contributed by atoms with Crippen molar-refractivity contribution < 1.29 is 4.39 Å². The molecule has 0 spiro atoms. The Balaban J connectivity index is 0.000000371. The average molecular weight is 146 g/mol. The lowest BCUT2D eigenvalue weighted by Gasteiger charge is -2.43. The maximum absolute atomic E-state index is 9.50. The highest BCUT2D eigenvalue weighted by Crippen LogP contribution is 2.47. The van der Waals surface area contributed by atoms with Crippen LogP contribution in [0.3, 0.4) is 0 Å². The highest BCUT2D eigenvalue weighted by atomic mass is 19.1. The van der Waals surface area contributed by atoms with Gasteiger partial charge in [0.2, 0.25) is 0 Å². The first-order chi connectivity index (χ1) is 4.66. The van der Waals surface area contributed by atoms with Crippen LogP contribution in [0, 0.1) is 11.3 Å². The van der Waals surface area contributed by atoms with Gasteiger partial charge in [-0.25, -0.2) is 0 Å². The lowest BCUT2D eigenvalue weighted by Crippen LogP contribution is -2.31. The van der Waals surface area contributed by atoms with Crippen LogP contribution in [0.5, 0.6) is 0 Å². The molecule has 0 aliphatic heterocycles. The third-order valence-electron chi connectivity index (χ3n) is 2.54. The average Bonchev–Trinajstić information content (AvgIpc) is 1.90. The number of halogens is 1. The lowest BCUT2D eigenvalue weighted by molar-refractivity contribution is 0.0836. The summed E-state index contributed by atoms with van der Waals surface area (Å²) in [6.45, 7) is 7.04. The third kappa shape index (κ3) is 2.28. The second kappa shape index (κ2) is 3.95. The van der Waals surface area contributed by atoms with Crippen molar-refractivity contribution in [3.05, 3.63) is 0 Å². The minimum absolute atomic E-state index is 0.500. The number of hydrogen-bond donors (Lipinski definition) is 0. The van der Waals surface area contributed by atoms with Gasteiger partial charge in [0.1, 0.15) is 0 Å². The summed E-state index contributed by atoms with van der Waals surface area (Å²) < 4.78 is 9.50. The molecule has 0 radical (unpaired) electrons. The summed E-state index contributed by atoms with van der Waals surface area (Å²) in [5, 5.41) is 0. The molecule has 1 fully saturated rings. The van der Waals surface area contributed by atoms with E-state index in [2.05, 4.69) is 20.8 Å². The SMILES string of the molecule is CCC1(C)CC(C)C1.CF. The summed E-state index contributed by atoms with van der Waals surface area (Å²) in [4.78, 5) is 0. The molecule has 62 valence electrons. The highest BCUT2D eigenvalue weighted by Gasteiger charge is 2.35. The van der Waals surface area contributed by atoms with Crippen LogP contribution in [0.2, 0.25) is 0 Å². The van der Waals surface area contributed by atoms with Gasteiger partial charge < -0.3 is 0 Å². The number of rotatable bonds is 1. The van der Waals surface area contributed by atoms with Gasteiger partial charge in [-0.05, 0) is 24.2 Å². The Morgan fingerprint density at radius 3 is 1.90 bits per heavy atom. The zero-order valence-electron chi connectivity index (χ0n) is 7.58. The van der Waals surface area contributed by atoms with Crippen LogP contribution in [-0.2, 0) is 0 Å². The van der Waals surface area contributed by atoms with Crippen molar-refractivity contribution in [2.75, 3.05) is 7.18 Å². The molecule has 0 aromatic heterocycles. The summed E-state index contributed by atoms with van der Waals surface area (Å²) in [6, 6.07) is 0. The Hall–Kier alpha value is -0.0700. The van der Waals surface area contributed by atoms with E-state index < -0.39 is 0 Å².